The van der Waals surface area contributed by atoms with Crippen LogP contribution in [0.25, 0.3) is 11.3 Å². The van der Waals surface area contributed by atoms with Crippen LogP contribution in [-0.2, 0) is 4.79 Å². The van der Waals surface area contributed by atoms with Gasteiger partial charge in [-0.2, -0.15) is 0 Å². The minimum absolute atomic E-state index is 0.132. The summed E-state index contributed by atoms with van der Waals surface area (Å²) in [6.45, 7) is 1.74. The van der Waals surface area contributed by atoms with E-state index in [9.17, 15) is 4.79 Å². The van der Waals surface area contributed by atoms with Crippen LogP contribution in [0.15, 0.2) is 48.7 Å². The molecule has 0 bridgehead atoms. The Labute approximate surface area is 159 Å². The van der Waals surface area contributed by atoms with E-state index in [2.05, 4.69) is 38.9 Å². The maximum Gasteiger partial charge on any atom is 0.226 e. The second-order valence-electron chi connectivity index (χ2n) is 7.20. The van der Waals surface area contributed by atoms with Crippen molar-refractivity contribution in [1.82, 2.24) is 14.6 Å². The summed E-state index contributed by atoms with van der Waals surface area (Å²) in [5, 5.41) is 0. The number of piperidine rings is 1. The van der Waals surface area contributed by atoms with E-state index in [0.29, 0.717) is 17.9 Å². The van der Waals surface area contributed by atoms with Crippen molar-refractivity contribution in [3.05, 3.63) is 54.2 Å². The van der Waals surface area contributed by atoms with Crippen molar-refractivity contribution in [2.75, 3.05) is 19.3 Å². The lowest BCUT2D eigenvalue weighted by molar-refractivity contribution is -0.133. The van der Waals surface area contributed by atoms with Crippen LogP contribution in [0.5, 0.6) is 0 Å². The minimum atomic E-state index is 0.132. The van der Waals surface area contributed by atoms with Crippen molar-refractivity contribution in [1.29, 1.82) is 0 Å². The number of hydrogen-bond acceptors (Lipinski definition) is 4. The van der Waals surface area contributed by atoms with E-state index in [4.69, 9.17) is 0 Å². The Morgan fingerprint density at radius 2 is 2.08 bits per heavy atom. The summed E-state index contributed by atoms with van der Waals surface area (Å²) in [5.41, 5.74) is 3.41. The van der Waals surface area contributed by atoms with Crippen LogP contribution in [0.4, 0.5) is 0 Å². The number of nitrogens with one attached hydrogen (secondary N) is 1. The highest BCUT2D eigenvalue weighted by atomic mass is 32.2. The second-order valence-corrected chi connectivity index (χ2v) is 7.84. The molecule has 1 aliphatic carbocycles. The molecule has 1 aromatic heterocycles. The predicted octanol–water partition coefficient (Wildman–Crippen LogP) is 3.71. The zero-order valence-corrected chi connectivity index (χ0v) is 15.9. The van der Waals surface area contributed by atoms with E-state index in [-0.39, 0.29) is 5.92 Å². The number of amides is 1. The van der Waals surface area contributed by atoms with Crippen molar-refractivity contribution in [3.63, 3.8) is 0 Å². The highest BCUT2D eigenvalue weighted by Gasteiger charge is 2.47. The molecule has 0 radical (unpaired) electrons. The van der Waals surface area contributed by atoms with Crippen molar-refractivity contribution < 1.29 is 4.79 Å². The average Bonchev–Trinajstić information content (AvgIpc) is 3.49. The van der Waals surface area contributed by atoms with Gasteiger partial charge in [0.05, 0.1) is 5.69 Å². The normalized spacial score (nSPS) is 25.1. The molecule has 2 fully saturated rings. The van der Waals surface area contributed by atoms with Crippen molar-refractivity contribution in [3.8, 4) is 11.3 Å². The molecule has 26 heavy (non-hydrogen) atoms. The smallest absolute Gasteiger partial charge is 0.226 e. The fourth-order valence-corrected chi connectivity index (χ4v) is 4.59. The number of carbonyl (C=O) groups excluding carboxylic acids is 1. The highest BCUT2D eigenvalue weighted by molar-refractivity contribution is 7.96. The molecule has 0 spiro atoms. The Morgan fingerprint density at radius 3 is 2.88 bits per heavy atom. The number of hydrogen-bond donors (Lipinski definition) is 1. The first-order valence-corrected chi connectivity index (χ1v) is 10.6. The molecule has 4 nitrogen and oxygen atoms in total. The van der Waals surface area contributed by atoms with Gasteiger partial charge in [-0.25, -0.2) is 0 Å². The van der Waals surface area contributed by atoms with Crippen LogP contribution in [0, 0.1) is 5.92 Å². The van der Waals surface area contributed by atoms with Gasteiger partial charge in [0.25, 0.3) is 0 Å². The van der Waals surface area contributed by atoms with Gasteiger partial charge < -0.3 is 4.90 Å². The molecule has 2 heterocycles. The van der Waals surface area contributed by atoms with E-state index in [0.717, 1.165) is 43.6 Å². The van der Waals surface area contributed by atoms with Gasteiger partial charge in [-0.05, 0) is 49.1 Å². The van der Waals surface area contributed by atoms with E-state index < -0.39 is 0 Å². The first-order chi connectivity index (χ1) is 12.8. The quantitative estimate of drug-likeness (QED) is 0.819. The summed E-state index contributed by atoms with van der Waals surface area (Å²) in [4.78, 5) is 19.6. The molecule has 2 aromatic rings. The van der Waals surface area contributed by atoms with Crippen LogP contribution in [0.1, 0.15) is 30.7 Å². The molecule has 1 saturated carbocycles. The first-order valence-electron chi connectivity index (χ1n) is 9.35. The van der Waals surface area contributed by atoms with Crippen molar-refractivity contribution in [2.24, 2.45) is 5.92 Å². The number of aromatic nitrogens is 1. The zero-order chi connectivity index (χ0) is 17.9. The molecule has 1 aromatic carbocycles. The third-order valence-electron chi connectivity index (χ3n) is 5.43. The maximum absolute atomic E-state index is 13.0. The van der Waals surface area contributed by atoms with E-state index in [1.807, 2.05) is 30.7 Å². The van der Waals surface area contributed by atoms with E-state index >= 15 is 0 Å². The van der Waals surface area contributed by atoms with Crippen LogP contribution in [0.2, 0.25) is 0 Å². The Balaban J connectivity index is 1.48. The lowest BCUT2D eigenvalue weighted by Gasteiger charge is -2.33. The lowest BCUT2D eigenvalue weighted by atomic mass is 9.98. The van der Waals surface area contributed by atoms with Crippen molar-refractivity contribution in [2.45, 2.75) is 31.2 Å². The lowest BCUT2D eigenvalue weighted by Crippen LogP contribution is -2.46. The largest absolute Gasteiger partial charge is 0.341 e. The molecule has 136 valence electrons. The van der Waals surface area contributed by atoms with Crippen LogP contribution in [0.3, 0.4) is 0 Å². The third-order valence-corrected chi connectivity index (χ3v) is 6.00. The Hall–Kier alpha value is -1.85. The third kappa shape index (κ3) is 3.64. The highest BCUT2D eigenvalue weighted by Crippen LogP contribution is 2.51. The van der Waals surface area contributed by atoms with Gasteiger partial charge in [0.15, 0.2) is 0 Å². The van der Waals surface area contributed by atoms with Crippen molar-refractivity contribution >= 4 is 17.9 Å². The summed E-state index contributed by atoms with van der Waals surface area (Å²) in [7, 11) is 0. The molecule has 1 saturated heterocycles. The standard InChI is InChI=1S/C21H25N3OS/c1-26-23-15-7-6-12-24(14-15)21(25)19-13-18(19)16-8-2-3-9-17(16)20-10-4-5-11-22-20/h2-5,8-11,15,18-19,23H,6-7,12-14H2,1H3. The van der Waals surface area contributed by atoms with Gasteiger partial charge in [0, 0.05) is 36.8 Å². The number of rotatable bonds is 5. The van der Waals surface area contributed by atoms with Crippen LogP contribution in [-0.4, -0.2) is 41.2 Å². The first kappa shape index (κ1) is 17.6. The van der Waals surface area contributed by atoms with Gasteiger partial charge in [-0.15, -0.1) is 0 Å². The SMILES string of the molecule is CSNC1CCCN(C(=O)C2CC2c2ccccc2-c2ccccn2)C1. The van der Waals surface area contributed by atoms with Gasteiger partial charge in [0.1, 0.15) is 0 Å². The Bertz CT molecular complexity index is 765. The number of carbonyl (C=O) groups is 1. The summed E-state index contributed by atoms with van der Waals surface area (Å²) in [6, 6.07) is 14.8. The Kier molecular flexibility index (Phi) is 5.27. The fraction of sp³-hybridized carbons (Fsp3) is 0.429. The number of benzene rings is 1. The van der Waals surface area contributed by atoms with Gasteiger partial charge in [-0.3, -0.25) is 14.5 Å². The predicted molar refractivity (Wildman–Crippen MR) is 107 cm³/mol. The molecule has 4 rings (SSSR count). The number of nitrogens with zero attached hydrogens (tertiary/aromatic N) is 2. The zero-order valence-electron chi connectivity index (χ0n) is 15.1. The topological polar surface area (TPSA) is 45.2 Å². The summed E-state index contributed by atoms with van der Waals surface area (Å²) in [6.07, 6.45) is 7.08. The Morgan fingerprint density at radius 1 is 1.23 bits per heavy atom. The molecule has 2 aliphatic rings. The fourth-order valence-electron chi connectivity index (χ4n) is 4.06. The second kappa shape index (κ2) is 7.80. The summed E-state index contributed by atoms with van der Waals surface area (Å²) in [5.74, 6) is 0.793. The monoisotopic (exact) mass is 367 g/mol. The molecular formula is C21H25N3OS. The van der Waals surface area contributed by atoms with Gasteiger partial charge in [0.2, 0.25) is 5.91 Å². The molecular weight excluding hydrogens is 342 g/mol. The van der Waals surface area contributed by atoms with Gasteiger partial charge in [-0.1, -0.05) is 42.3 Å². The van der Waals surface area contributed by atoms with Crippen LogP contribution < -0.4 is 4.72 Å². The average molecular weight is 368 g/mol. The maximum atomic E-state index is 13.0. The number of likely N-dealkylation sites (tertiary alicyclic amines) is 1. The van der Waals surface area contributed by atoms with E-state index in [1.165, 1.54) is 5.56 Å². The molecule has 1 N–H and O–H groups in total. The molecule has 5 heteroatoms. The molecule has 3 atom stereocenters. The minimum Gasteiger partial charge on any atom is -0.341 e. The molecule has 1 aliphatic heterocycles. The van der Waals surface area contributed by atoms with Gasteiger partial charge >= 0.3 is 0 Å². The summed E-state index contributed by atoms with van der Waals surface area (Å²) >= 11 is 1.65. The number of pyridine rings is 1. The molecule has 1 amide bonds. The molecule has 3 unspecified atom stereocenters. The summed E-state index contributed by atoms with van der Waals surface area (Å²) < 4.78 is 3.42. The van der Waals surface area contributed by atoms with Crippen LogP contribution >= 0.6 is 11.9 Å². The van der Waals surface area contributed by atoms with E-state index in [1.54, 1.807) is 11.9 Å².